The van der Waals surface area contributed by atoms with Gasteiger partial charge in [-0.05, 0) is 56.2 Å². The van der Waals surface area contributed by atoms with Crippen molar-refractivity contribution in [3.63, 3.8) is 0 Å². The molecule has 3 rings (SSSR count). The number of hydrogen-bond donors (Lipinski definition) is 1. The number of benzene rings is 3. The van der Waals surface area contributed by atoms with Gasteiger partial charge in [0.05, 0.1) is 12.9 Å². The molecule has 3 aromatic rings. The Balaban J connectivity index is 1.89. The van der Waals surface area contributed by atoms with Crippen LogP contribution in [0.3, 0.4) is 0 Å². The summed E-state index contributed by atoms with van der Waals surface area (Å²) in [6.07, 6.45) is 0.361. The summed E-state index contributed by atoms with van der Waals surface area (Å²) in [6, 6.07) is 21.9. The second-order valence-corrected chi connectivity index (χ2v) is 11.8. The van der Waals surface area contributed by atoms with Gasteiger partial charge in [0.25, 0.3) is 0 Å². The average Bonchev–Trinajstić information content (AvgIpc) is 2.87. The molecule has 0 saturated carbocycles. The maximum atomic E-state index is 13.8. The number of nitrogens with zero attached hydrogens (tertiary/aromatic N) is 1. The van der Waals surface area contributed by atoms with Gasteiger partial charge >= 0.3 is 0 Å². The van der Waals surface area contributed by atoms with Crippen molar-refractivity contribution >= 4 is 46.8 Å². The van der Waals surface area contributed by atoms with Gasteiger partial charge < -0.3 is 15.0 Å². The fourth-order valence-corrected chi connectivity index (χ4v) is 5.31. The van der Waals surface area contributed by atoms with E-state index in [-0.39, 0.29) is 24.1 Å². The number of carbonyl (C=O) groups is 2. The standard InChI is InChI=1S/C30H34Cl2N2O3S/c1-30(2,3)33-29(36)27(17-21-9-6-5-7-10-21)34(18-24-25(31)11-8-12-26(24)32)28(35)20-38-19-22-13-15-23(37-4)16-14-22/h5-16,27H,17-20H2,1-4H3,(H,33,36). The van der Waals surface area contributed by atoms with Crippen LogP contribution in [0.1, 0.15) is 37.5 Å². The Morgan fingerprint density at radius 2 is 1.55 bits per heavy atom. The molecule has 202 valence electrons. The minimum atomic E-state index is -0.752. The van der Waals surface area contributed by atoms with Gasteiger partial charge in [-0.3, -0.25) is 9.59 Å². The van der Waals surface area contributed by atoms with Crippen LogP contribution in [-0.2, 0) is 28.3 Å². The summed E-state index contributed by atoms with van der Waals surface area (Å²) in [5.74, 6) is 1.24. The number of amides is 2. The van der Waals surface area contributed by atoms with Gasteiger partial charge in [-0.2, -0.15) is 0 Å². The topological polar surface area (TPSA) is 58.6 Å². The Morgan fingerprint density at radius 3 is 2.13 bits per heavy atom. The quantitative estimate of drug-likeness (QED) is 0.275. The molecule has 3 aromatic carbocycles. The first-order valence-corrected chi connectivity index (χ1v) is 14.3. The molecule has 1 unspecified atom stereocenters. The number of ether oxygens (including phenoxy) is 1. The SMILES string of the molecule is COc1ccc(CSCC(=O)N(Cc2c(Cl)cccc2Cl)C(Cc2ccccc2)C(=O)NC(C)(C)C)cc1. The minimum absolute atomic E-state index is 0.121. The van der Waals surface area contributed by atoms with Crippen LogP contribution in [-0.4, -0.2) is 41.2 Å². The molecule has 0 aliphatic carbocycles. The molecule has 0 fully saturated rings. The van der Waals surface area contributed by atoms with Gasteiger partial charge in [0.1, 0.15) is 11.8 Å². The van der Waals surface area contributed by atoms with E-state index in [2.05, 4.69) is 5.32 Å². The summed E-state index contributed by atoms with van der Waals surface area (Å²) < 4.78 is 5.22. The zero-order valence-corrected chi connectivity index (χ0v) is 24.5. The normalized spacial score (nSPS) is 12.1. The lowest BCUT2D eigenvalue weighted by molar-refractivity contribution is -0.140. The molecule has 0 aliphatic heterocycles. The summed E-state index contributed by atoms with van der Waals surface area (Å²) in [6.45, 7) is 5.89. The molecule has 0 bridgehead atoms. The van der Waals surface area contributed by atoms with Crippen molar-refractivity contribution in [1.29, 1.82) is 0 Å². The van der Waals surface area contributed by atoms with E-state index in [1.807, 2.05) is 75.4 Å². The Kier molecular flexibility index (Phi) is 11.0. The van der Waals surface area contributed by atoms with Crippen molar-refractivity contribution in [3.05, 3.63) is 99.5 Å². The molecule has 5 nitrogen and oxygen atoms in total. The van der Waals surface area contributed by atoms with Crippen LogP contribution in [0.25, 0.3) is 0 Å². The average molecular weight is 574 g/mol. The third kappa shape index (κ3) is 8.97. The lowest BCUT2D eigenvalue weighted by Crippen LogP contribution is -2.54. The van der Waals surface area contributed by atoms with E-state index in [1.54, 1.807) is 30.2 Å². The van der Waals surface area contributed by atoms with Gasteiger partial charge in [0.15, 0.2) is 0 Å². The second-order valence-electron chi connectivity index (χ2n) is 10.0. The van der Waals surface area contributed by atoms with Crippen molar-refractivity contribution in [2.45, 2.75) is 51.1 Å². The van der Waals surface area contributed by atoms with Crippen LogP contribution < -0.4 is 10.1 Å². The largest absolute Gasteiger partial charge is 0.497 e. The smallest absolute Gasteiger partial charge is 0.243 e. The van der Waals surface area contributed by atoms with Crippen molar-refractivity contribution in [3.8, 4) is 5.75 Å². The van der Waals surface area contributed by atoms with Gasteiger partial charge in [-0.15, -0.1) is 11.8 Å². The molecular formula is C30H34Cl2N2O3S. The molecule has 0 aromatic heterocycles. The third-order valence-corrected chi connectivity index (χ3v) is 7.51. The van der Waals surface area contributed by atoms with Gasteiger partial charge in [0.2, 0.25) is 11.8 Å². The summed E-state index contributed by atoms with van der Waals surface area (Å²) in [7, 11) is 1.63. The van der Waals surface area contributed by atoms with Crippen LogP contribution in [0.2, 0.25) is 10.0 Å². The highest BCUT2D eigenvalue weighted by molar-refractivity contribution is 7.99. The fourth-order valence-electron chi connectivity index (χ4n) is 3.92. The van der Waals surface area contributed by atoms with Crippen LogP contribution in [0.15, 0.2) is 72.8 Å². The van der Waals surface area contributed by atoms with Gasteiger partial charge in [-0.1, -0.05) is 71.7 Å². The second kappa shape index (κ2) is 13.9. The maximum Gasteiger partial charge on any atom is 0.243 e. The van der Waals surface area contributed by atoms with Crippen LogP contribution in [0.4, 0.5) is 0 Å². The van der Waals surface area contributed by atoms with Crippen molar-refractivity contribution in [2.24, 2.45) is 0 Å². The van der Waals surface area contributed by atoms with E-state index in [4.69, 9.17) is 27.9 Å². The van der Waals surface area contributed by atoms with E-state index < -0.39 is 11.6 Å². The summed E-state index contributed by atoms with van der Waals surface area (Å²) in [5.41, 5.74) is 2.18. The zero-order valence-electron chi connectivity index (χ0n) is 22.2. The molecule has 2 amide bonds. The highest BCUT2D eigenvalue weighted by atomic mass is 35.5. The molecule has 0 aliphatic rings. The maximum absolute atomic E-state index is 13.8. The first kappa shape index (κ1) is 29.9. The van der Waals surface area contributed by atoms with Gasteiger partial charge in [0, 0.05) is 39.9 Å². The lowest BCUT2D eigenvalue weighted by atomic mass is 10.0. The number of methoxy groups -OCH3 is 1. The number of nitrogens with one attached hydrogen (secondary N) is 1. The molecule has 0 radical (unpaired) electrons. The molecule has 1 N–H and O–H groups in total. The summed E-state index contributed by atoms with van der Waals surface area (Å²) in [4.78, 5) is 29.0. The molecule has 1 atom stereocenters. The van der Waals surface area contributed by atoms with Crippen LogP contribution in [0, 0.1) is 0 Å². The Bertz CT molecular complexity index is 1190. The minimum Gasteiger partial charge on any atom is -0.497 e. The van der Waals surface area contributed by atoms with Crippen molar-refractivity contribution in [2.75, 3.05) is 12.9 Å². The van der Waals surface area contributed by atoms with E-state index in [1.165, 1.54) is 11.8 Å². The Labute approximate surface area is 239 Å². The molecule has 0 spiro atoms. The van der Waals surface area contributed by atoms with E-state index >= 15 is 0 Å². The van der Waals surface area contributed by atoms with E-state index in [9.17, 15) is 9.59 Å². The monoisotopic (exact) mass is 572 g/mol. The fraction of sp³-hybridized carbons (Fsp3) is 0.333. The van der Waals surface area contributed by atoms with E-state index in [0.29, 0.717) is 27.8 Å². The van der Waals surface area contributed by atoms with Crippen molar-refractivity contribution in [1.82, 2.24) is 10.2 Å². The van der Waals surface area contributed by atoms with Crippen molar-refractivity contribution < 1.29 is 14.3 Å². The zero-order chi connectivity index (χ0) is 27.7. The Morgan fingerprint density at radius 1 is 0.921 bits per heavy atom. The first-order chi connectivity index (χ1) is 18.1. The molecule has 0 saturated heterocycles. The summed E-state index contributed by atoms with van der Waals surface area (Å²) >= 11 is 14.5. The van der Waals surface area contributed by atoms with Crippen LogP contribution >= 0.6 is 35.0 Å². The van der Waals surface area contributed by atoms with Crippen LogP contribution in [0.5, 0.6) is 5.75 Å². The lowest BCUT2D eigenvalue weighted by Gasteiger charge is -2.34. The summed E-state index contributed by atoms with van der Waals surface area (Å²) in [5, 5.41) is 3.97. The number of halogens is 2. The molecule has 8 heteroatoms. The number of rotatable bonds is 11. The molecule has 38 heavy (non-hydrogen) atoms. The molecule has 0 heterocycles. The van der Waals surface area contributed by atoms with E-state index in [0.717, 1.165) is 16.9 Å². The van der Waals surface area contributed by atoms with Gasteiger partial charge in [-0.25, -0.2) is 0 Å². The predicted octanol–water partition coefficient (Wildman–Crippen LogP) is 6.79. The highest BCUT2D eigenvalue weighted by Crippen LogP contribution is 2.28. The highest BCUT2D eigenvalue weighted by Gasteiger charge is 2.32. The molecular weight excluding hydrogens is 539 g/mol. The Hall–Kier alpha value is -2.67. The number of thioether (sulfide) groups is 1. The number of hydrogen-bond acceptors (Lipinski definition) is 4. The first-order valence-electron chi connectivity index (χ1n) is 12.4. The predicted molar refractivity (Wildman–Crippen MR) is 158 cm³/mol. The third-order valence-electron chi connectivity index (χ3n) is 5.81. The number of carbonyl (C=O) groups excluding carboxylic acids is 2.